The molecule has 6 heteroatoms. The van der Waals surface area contributed by atoms with Crippen LogP contribution in [0.5, 0.6) is 11.5 Å². The van der Waals surface area contributed by atoms with Crippen molar-refractivity contribution in [2.24, 2.45) is 0 Å². The molecule has 0 aromatic heterocycles. The smallest absolute Gasteiger partial charge is 0.319 e. The fourth-order valence-corrected chi connectivity index (χ4v) is 2.69. The Morgan fingerprint density at radius 2 is 1.83 bits per heavy atom. The van der Waals surface area contributed by atoms with Crippen LogP contribution in [0.3, 0.4) is 0 Å². The molecule has 0 saturated heterocycles. The van der Waals surface area contributed by atoms with Gasteiger partial charge in [-0.1, -0.05) is 30.7 Å². The van der Waals surface area contributed by atoms with Crippen LogP contribution in [0.4, 0.5) is 10.5 Å². The van der Waals surface area contributed by atoms with Gasteiger partial charge in [0.2, 0.25) is 0 Å². The van der Waals surface area contributed by atoms with E-state index >= 15 is 0 Å². The Hall–Kier alpha value is -2.40. The lowest BCUT2D eigenvalue weighted by atomic mass is 10.1. The number of rotatable bonds is 4. The number of nitrogens with one attached hydrogen (secondary N) is 2. The van der Waals surface area contributed by atoms with Gasteiger partial charge in [-0.05, 0) is 36.2 Å². The fourth-order valence-electron chi connectivity index (χ4n) is 2.56. The Labute approximate surface area is 145 Å². The number of anilines is 1. The average Bonchev–Trinajstić information content (AvgIpc) is 2.60. The lowest BCUT2D eigenvalue weighted by Crippen LogP contribution is -2.32. The van der Waals surface area contributed by atoms with Crippen molar-refractivity contribution in [3.05, 3.63) is 53.1 Å². The van der Waals surface area contributed by atoms with E-state index in [1.54, 1.807) is 18.2 Å². The van der Waals surface area contributed by atoms with E-state index in [-0.39, 0.29) is 12.1 Å². The first-order chi connectivity index (χ1) is 11.7. The van der Waals surface area contributed by atoms with Crippen molar-refractivity contribution < 1.29 is 14.3 Å². The standard InChI is InChI=1S/C18H19ClN2O3/c1-2-15(12-3-5-13(19)6-4-12)21-18(22)20-14-7-8-16-17(11-14)24-10-9-23-16/h3-8,11,15H,2,9-10H2,1H3,(H2,20,21,22). The second-order valence-electron chi connectivity index (χ2n) is 5.47. The Morgan fingerprint density at radius 1 is 1.12 bits per heavy atom. The van der Waals surface area contributed by atoms with Crippen LogP contribution in [0.25, 0.3) is 0 Å². The summed E-state index contributed by atoms with van der Waals surface area (Å²) in [6, 6.07) is 12.5. The normalized spacial score (nSPS) is 13.9. The highest BCUT2D eigenvalue weighted by atomic mass is 35.5. The summed E-state index contributed by atoms with van der Waals surface area (Å²) in [7, 11) is 0. The van der Waals surface area contributed by atoms with E-state index in [1.807, 2.05) is 31.2 Å². The molecule has 0 saturated carbocycles. The summed E-state index contributed by atoms with van der Waals surface area (Å²) in [5.74, 6) is 1.34. The SMILES string of the molecule is CCC(NC(=O)Nc1ccc2c(c1)OCCO2)c1ccc(Cl)cc1. The molecule has 1 atom stereocenters. The van der Waals surface area contributed by atoms with Crippen LogP contribution >= 0.6 is 11.6 Å². The molecule has 5 nitrogen and oxygen atoms in total. The van der Waals surface area contributed by atoms with Gasteiger partial charge in [-0.3, -0.25) is 0 Å². The second-order valence-corrected chi connectivity index (χ2v) is 5.91. The third kappa shape index (κ3) is 3.92. The van der Waals surface area contributed by atoms with Gasteiger partial charge in [-0.15, -0.1) is 0 Å². The van der Waals surface area contributed by atoms with Crippen LogP contribution in [0.2, 0.25) is 5.02 Å². The van der Waals surface area contributed by atoms with Crippen LogP contribution < -0.4 is 20.1 Å². The quantitative estimate of drug-likeness (QED) is 0.863. The topological polar surface area (TPSA) is 59.6 Å². The maximum absolute atomic E-state index is 12.3. The number of carbonyl (C=O) groups excluding carboxylic acids is 1. The largest absolute Gasteiger partial charge is 0.486 e. The summed E-state index contributed by atoms with van der Waals surface area (Å²) >= 11 is 5.91. The number of halogens is 1. The molecule has 1 unspecified atom stereocenters. The van der Waals surface area contributed by atoms with Crippen LogP contribution in [0.1, 0.15) is 24.9 Å². The van der Waals surface area contributed by atoms with Gasteiger partial charge < -0.3 is 20.1 Å². The van der Waals surface area contributed by atoms with E-state index in [1.165, 1.54) is 0 Å². The zero-order valence-corrected chi connectivity index (χ0v) is 14.1. The molecule has 0 spiro atoms. The number of fused-ring (bicyclic) bond motifs is 1. The predicted molar refractivity (Wildman–Crippen MR) is 94.1 cm³/mol. The lowest BCUT2D eigenvalue weighted by Gasteiger charge is -2.20. The van der Waals surface area contributed by atoms with Gasteiger partial charge in [-0.25, -0.2) is 4.79 Å². The third-order valence-corrected chi connectivity index (χ3v) is 4.04. The van der Waals surface area contributed by atoms with E-state index < -0.39 is 0 Å². The highest BCUT2D eigenvalue weighted by molar-refractivity contribution is 6.30. The Bertz CT molecular complexity index is 719. The van der Waals surface area contributed by atoms with Crippen LogP contribution in [-0.2, 0) is 0 Å². The minimum atomic E-state index is -0.270. The number of urea groups is 1. The number of amides is 2. The molecule has 24 heavy (non-hydrogen) atoms. The molecule has 2 amide bonds. The zero-order valence-electron chi connectivity index (χ0n) is 13.3. The number of hydrogen-bond donors (Lipinski definition) is 2. The van der Waals surface area contributed by atoms with E-state index in [2.05, 4.69) is 10.6 Å². The van der Waals surface area contributed by atoms with Crippen molar-refractivity contribution in [3.63, 3.8) is 0 Å². The number of hydrogen-bond acceptors (Lipinski definition) is 3. The molecule has 1 aliphatic rings. The molecule has 0 aliphatic carbocycles. The van der Waals surface area contributed by atoms with E-state index in [9.17, 15) is 4.79 Å². The molecular weight excluding hydrogens is 328 g/mol. The first-order valence-corrected chi connectivity index (χ1v) is 8.26. The maximum Gasteiger partial charge on any atom is 0.319 e. The molecular formula is C18H19ClN2O3. The highest BCUT2D eigenvalue weighted by Crippen LogP contribution is 2.32. The van der Waals surface area contributed by atoms with E-state index in [0.29, 0.717) is 35.4 Å². The molecule has 3 rings (SSSR count). The fraction of sp³-hybridized carbons (Fsp3) is 0.278. The molecule has 2 N–H and O–H groups in total. The Morgan fingerprint density at radius 3 is 2.54 bits per heavy atom. The summed E-state index contributed by atoms with van der Waals surface area (Å²) < 4.78 is 11.0. The molecule has 2 aromatic carbocycles. The van der Waals surface area contributed by atoms with Crippen molar-refractivity contribution in [1.29, 1.82) is 0 Å². The molecule has 126 valence electrons. The molecule has 1 heterocycles. The Balaban J connectivity index is 1.65. The summed E-state index contributed by atoms with van der Waals surface area (Å²) in [4.78, 5) is 12.3. The minimum absolute atomic E-state index is 0.0838. The Kier molecular flexibility index (Phi) is 5.11. The molecule has 0 fully saturated rings. The predicted octanol–water partition coefficient (Wildman–Crippen LogP) is 4.38. The van der Waals surface area contributed by atoms with Gasteiger partial charge in [-0.2, -0.15) is 0 Å². The van der Waals surface area contributed by atoms with Crippen molar-refractivity contribution in [2.45, 2.75) is 19.4 Å². The van der Waals surface area contributed by atoms with Crippen LogP contribution in [0, 0.1) is 0 Å². The molecule has 2 aromatic rings. The minimum Gasteiger partial charge on any atom is -0.486 e. The van der Waals surface area contributed by atoms with Crippen molar-refractivity contribution in [3.8, 4) is 11.5 Å². The molecule has 1 aliphatic heterocycles. The van der Waals surface area contributed by atoms with Gasteiger partial charge in [0.25, 0.3) is 0 Å². The van der Waals surface area contributed by atoms with Gasteiger partial charge in [0, 0.05) is 16.8 Å². The van der Waals surface area contributed by atoms with Crippen molar-refractivity contribution in [2.75, 3.05) is 18.5 Å². The van der Waals surface area contributed by atoms with E-state index in [4.69, 9.17) is 21.1 Å². The third-order valence-electron chi connectivity index (χ3n) is 3.79. The first kappa shape index (κ1) is 16.5. The number of carbonyl (C=O) groups is 1. The van der Waals surface area contributed by atoms with Gasteiger partial charge in [0.05, 0.1) is 6.04 Å². The monoisotopic (exact) mass is 346 g/mol. The maximum atomic E-state index is 12.3. The van der Waals surface area contributed by atoms with Crippen molar-refractivity contribution >= 4 is 23.3 Å². The number of ether oxygens (including phenoxy) is 2. The highest BCUT2D eigenvalue weighted by Gasteiger charge is 2.15. The average molecular weight is 347 g/mol. The second kappa shape index (κ2) is 7.45. The van der Waals surface area contributed by atoms with Crippen LogP contribution in [0.15, 0.2) is 42.5 Å². The van der Waals surface area contributed by atoms with Crippen molar-refractivity contribution in [1.82, 2.24) is 5.32 Å². The first-order valence-electron chi connectivity index (χ1n) is 7.88. The van der Waals surface area contributed by atoms with E-state index in [0.717, 1.165) is 12.0 Å². The summed E-state index contributed by atoms with van der Waals surface area (Å²) in [6.45, 7) is 3.07. The lowest BCUT2D eigenvalue weighted by molar-refractivity contribution is 0.171. The van der Waals surface area contributed by atoms with Gasteiger partial charge in [0.1, 0.15) is 13.2 Å². The number of benzene rings is 2. The summed E-state index contributed by atoms with van der Waals surface area (Å²) in [6.07, 6.45) is 0.774. The van der Waals surface area contributed by atoms with Crippen LogP contribution in [-0.4, -0.2) is 19.2 Å². The summed E-state index contributed by atoms with van der Waals surface area (Å²) in [5, 5.41) is 6.47. The van der Waals surface area contributed by atoms with Gasteiger partial charge >= 0.3 is 6.03 Å². The van der Waals surface area contributed by atoms with Gasteiger partial charge in [0.15, 0.2) is 11.5 Å². The summed E-state index contributed by atoms with van der Waals surface area (Å²) in [5.41, 5.74) is 1.67. The zero-order chi connectivity index (χ0) is 16.9. The molecule has 0 bridgehead atoms. The molecule has 0 radical (unpaired) electrons.